The number of anilines is 1. The molecule has 0 bridgehead atoms. The molecule has 3 nitrogen and oxygen atoms in total. The summed E-state index contributed by atoms with van der Waals surface area (Å²) < 4.78 is 0. The Hall–Kier alpha value is -1.38. The van der Waals surface area contributed by atoms with Crippen LogP contribution in [0.4, 0.5) is 5.69 Å². The molecule has 0 unspecified atom stereocenters. The fraction of sp³-hybridized carbons (Fsp3) is 0.647. The number of nitrogens with one attached hydrogen (secondary N) is 1. The molecule has 2 aliphatic carbocycles. The Morgan fingerprint density at radius 2 is 1.80 bits per heavy atom. The van der Waals surface area contributed by atoms with Gasteiger partial charge in [-0.2, -0.15) is 0 Å². The zero-order valence-corrected chi connectivity index (χ0v) is 12.2. The highest BCUT2D eigenvalue weighted by atomic mass is 16.1. The molecule has 2 aliphatic rings. The molecule has 0 spiro atoms. The Kier molecular flexibility index (Phi) is 4.34. The van der Waals surface area contributed by atoms with Crippen LogP contribution >= 0.6 is 0 Å². The Balaban J connectivity index is 1.96. The number of aromatic nitrogens is 1. The summed E-state index contributed by atoms with van der Waals surface area (Å²) in [5, 5.41) is 2.90. The lowest BCUT2D eigenvalue weighted by atomic mass is 9.83. The maximum absolute atomic E-state index is 10.9. The van der Waals surface area contributed by atoms with E-state index >= 15 is 0 Å². The summed E-state index contributed by atoms with van der Waals surface area (Å²) in [4.78, 5) is 15.4. The number of fused-ring (bicyclic) bond motifs is 1. The van der Waals surface area contributed by atoms with Crippen LogP contribution in [0.15, 0.2) is 6.20 Å². The molecule has 0 radical (unpaired) electrons. The fourth-order valence-corrected chi connectivity index (χ4v) is 3.92. The zero-order valence-electron chi connectivity index (χ0n) is 12.2. The molecule has 1 amide bonds. The van der Waals surface area contributed by atoms with E-state index in [2.05, 4.69) is 10.3 Å². The van der Waals surface area contributed by atoms with Crippen LogP contribution in [0, 0.1) is 0 Å². The van der Waals surface area contributed by atoms with Gasteiger partial charge in [0.25, 0.3) is 0 Å². The van der Waals surface area contributed by atoms with Crippen LogP contribution in [0.1, 0.15) is 74.1 Å². The predicted octanol–water partition coefficient (Wildman–Crippen LogP) is 3.97. The smallest absolute Gasteiger partial charge is 0.211 e. The Morgan fingerprint density at radius 1 is 1.05 bits per heavy atom. The summed E-state index contributed by atoms with van der Waals surface area (Å²) >= 11 is 0. The monoisotopic (exact) mass is 272 g/mol. The minimum absolute atomic E-state index is 0.618. The maximum atomic E-state index is 10.9. The molecular formula is C17H24N2O. The standard InChI is InChI=1S/C17H24N2O/c20-12-19-16-11-18-15-10-6-9-14(15)17(16)13-7-4-2-1-3-5-8-13/h11-13H,1-10H2,(H,19,20). The van der Waals surface area contributed by atoms with Crippen LogP contribution in [0.3, 0.4) is 0 Å². The van der Waals surface area contributed by atoms with E-state index in [1.165, 1.54) is 68.2 Å². The van der Waals surface area contributed by atoms with Crippen LogP contribution in [0.2, 0.25) is 0 Å². The Morgan fingerprint density at radius 3 is 2.55 bits per heavy atom. The number of nitrogens with zero attached hydrogens (tertiary/aromatic N) is 1. The van der Waals surface area contributed by atoms with Gasteiger partial charge in [0.05, 0.1) is 11.9 Å². The summed E-state index contributed by atoms with van der Waals surface area (Å²) in [6, 6.07) is 0. The third-order valence-corrected chi connectivity index (χ3v) is 4.88. The summed E-state index contributed by atoms with van der Waals surface area (Å²) in [6.07, 6.45) is 15.4. The van der Waals surface area contributed by atoms with Gasteiger partial charge < -0.3 is 5.32 Å². The second kappa shape index (κ2) is 6.38. The van der Waals surface area contributed by atoms with Crippen molar-refractivity contribution in [2.45, 2.75) is 70.1 Å². The van der Waals surface area contributed by atoms with E-state index in [9.17, 15) is 4.79 Å². The molecule has 1 aromatic rings. The lowest BCUT2D eigenvalue weighted by molar-refractivity contribution is -0.105. The number of pyridine rings is 1. The number of hydrogen-bond acceptors (Lipinski definition) is 2. The molecule has 0 atom stereocenters. The van der Waals surface area contributed by atoms with Crippen molar-refractivity contribution in [1.82, 2.24) is 4.98 Å². The summed E-state index contributed by atoms with van der Waals surface area (Å²) in [7, 11) is 0. The fourth-order valence-electron chi connectivity index (χ4n) is 3.92. The first-order valence-corrected chi connectivity index (χ1v) is 8.11. The number of aryl methyl sites for hydroxylation is 1. The highest BCUT2D eigenvalue weighted by molar-refractivity contribution is 5.74. The first kappa shape index (κ1) is 13.6. The minimum Gasteiger partial charge on any atom is -0.327 e. The molecular weight excluding hydrogens is 248 g/mol. The third-order valence-electron chi connectivity index (χ3n) is 4.88. The summed E-state index contributed by atoms with van der Waals surface area (Å²) in [5.41, 5.74) is 5.11. The molecule has 3 heteroatoms. The van der Waals surface area contributed by atoms with Crippen molar-refractivity contribution in [3.63, 3.8) is 0 Å². The molecule has 1 saturated carbocycles. The molecule has 20 heavy (non-hydrogen) atoms. The van der Waals surface area contributed by atoms with Crippen molar-refractivity contribution in [3.8, 4) is 0 Å². The second-order valence-corrected chi connectivity index (χ2v) is 6.17. The number of hydrogen-bond donors (Lipinski definition) is 1. The van der Waals surface area contributed by atoms with Crippen molar-refractivity contribution in [2.75, 3.05) is 5.32 Å². The van der Waals surface area contributed by atoms with Crippen LogP contribution in [0.25, 0.3) is 0 Å². The van der Waals surface area contributed by atoms with E-state index < -0.39 is 0 Å². The highest BCUT2D eigenvalue weighted by Gasteiger charge is 2.25. The summed E-state index contributed by atoms with van der Waals surface area (Å²) in [5.74, 6) is 0.618. The average Bonchev–Trinajstić information content (AvgIpc) is 2.88. The predicted molar refractivity (Wildman–Crippen MR) is 81.0 cm³/mol. The van der Waals surface area contributed by atoms with Crippen molar-refractivity contribution < 1.29 is 4.79 Å². The van der Waals surface area contributed by atoms with Crippen molar-refractivity contribution >= 4 is 12.1 Å². The lowest BCUT2D eigenvalue weighted by Gasteiger charge is -2.24. The van der Waals surface area contributed by atoms with Crippen LogP contribution in [0.5, 0.6) is 0 Å². The van der Waals surface area contributed by atoms with Crippen molar-refractivity contribution in [1.29, 1.82) is 0 Å². The van der Waals surface area contributed by atoms with Crippen molar-refractivity contribution in [2.24, 2.45) is 0 Å². The molecule has 1 heterocycles. The average molecular weight is 272 g/mol. The van der Waals surface area contributed by atoms with Crippen LogP contribution in [-0.4, -0.2) is 11.4 Å². The summed E-state index contributed by atoms with van der Waals surface area (Å²) in [6.45, 7) is 0. The van der Waals surface area contributed by atoms with Gasteiger partial charge in [-0.3, -0.25) is 9.78 Å². The first-order valence-electron chi connectivity index (χ1n) is 8.11. The molecule has 0 aliphatic heterocycles. The first-order chi connectivity index (χ1) is 9.90. The molecule has 0 aromatic carbocycles. The van der Waals surface area contributed by atoms with E-state index in [4.69, 9.17) is 0 Å². The van der Waals surface area contributed by atoms with Gasteiger partial charge >= 0.3 is 0 Å². The number of rotatable bonds is 3. The normalized spacial score (nSPS) is 20.0. The number of carbonyl (C=O) groups excluding carboxylic acids is 1. The SMILES string of the molecule is O=CNc1cnc2c(c1C1CCCCCCC1)CCC2. The zero-order chi connectivity index (χ0) is 13.8. The molecule has 0 saturated heterocycles. The molecule has 3 rings (SSSR count). The van der Waals surface area contributed by atoms with Crippen LogP contribution < -0.4 is 5.32 Å². The van der Waals surface area contributed by atoms with Gasteiger partial charge in [-0.15, -0.1) is 0 Å². The molecule has 1 N–H and O–H groups in total. The van der Waals surface area contributed by atoms with Crippen LogP contribution in [-0.2, 0) is 17.6 Å². The Labute approximate surface area is 121 Å². The highest BCUT2D eigenvalue weighted by Crippen LogP contribution is 2.40. The van der Waals surface area contributed by atoms with E-state index in [-0.39, 0.29) is 0 Å². The van der Waals surface area contributed by atoms with Gasteiger partial charge in [-0.25, -0.2) is 0 Å². The van der Waals surface area contributed by atoms with E-state index in [0.29, 0.717) is 5.92 Å². The van der Waals surface area contributed by atoms with Crippen molar-refractivity contribution in [3.05, 3.63) is 23.0 Å². The third kappa shape index (κ3) is 2.72. The molecule has 1 aromatic heterocycles. The molecule has 1 fully saturated rings. The Bertz CT molecular complexity index is 476. The quantitative estimate of drug-likeness (QED) is 0.846. The van der Waals surface area contributed by atoms with Gasteiger partial charge in [0.1, 0.15) is 0 Å². The van der Waals surface area contributed by atoms with Gasteiger partial charge in [0, 0.05) is 5.69 Å². The van der Waals surface area contributed by atoms with E-state index in [1.807, 2.05) is 6.20 Å². The van der Waals surface area contributed by atoms with Gasteiger partial charge in [-0.1, -0.05) is 32.1 Å². The maximum Gasteiger partial charge on any atom is 0.211 e. The van der Waals surface area contributed by atoms with Gasteiger partial charge in [0.15, 0.2) is 0 Å². The van der Waals surface area contributed by atoms with E-state index in [0.717, 1.165) is 24.9 Å². The minimum atomic E-state index is 0.618. The second-order valence-electron chi connectivity index (χ2n) is 6.17. The van der Waals surface area contributed by atoms with E-state index in [1.54, 1.807) is 0 Å². The number of amides is 1. The largest absolute Gasteiger partial charge is 0.327 e. The topological polar surface area (TPSA) is 42.0 Å². The van der Waals surface area contributed by atoms with Gasteiger partial charge in [0.2, 0.25) is 6.41 Å². The lowest BCUT2D eigenvalue weighted by Crippen LogP contribution is -2.11. The van der Waals surface area contributed by atoms with Gasteiger partial charge in [-0.05, 0) is 49.1 Å². The number of carbonyl (C=O) groups is 1. The molecule has 108 valence electrons.